The van der Waals surface area contributed by atoms with E-state index in [2.05, 4.69) is 10.6 Å². The molecule has 136 valence electrons. The van der Waals surface area contributed by atoms with Crippen molar-refractivity contribution in [2.45, 2.75) is 13.8 Å². The van der Waals surface area contributed by atoms with Crippen LogP contribution in [0.4, 0.5) is 5.69 Å². The van der Waals surface area contributed by atoms with Crippen LogP contribution in [0.25, 0.3) is 0 Å². The van der Waals surface area contributed by atoms with E-state index in [1.807, 2.05) is 26.0 Å². The molecule has 0 unspecified atom stereocenters. The number of rotatable bonds is 6. The number of benzene rings is 2. The average molecular weight is 356 g/mol. The summed E-state index contributed by atoms with van der Waals surface area (Å²) >= 11 is 0. The third-order valence-electron chi connectivity index (χ3n) is 3.74. The van der Waals surface area contributed by atoms with Crippen LogP contribution >= 0.6 is 0 Å². The maximum atomic E-state index is 11.9. The molecule has 0 atom stereocenters. The fraction of sp³-hybridized carbons (Fsp3) is 0.211. The van der Waals surface area contributed by atoms with Gasteiger partial charge in [0, 0.05) is 5.69 Å². The molecule has 26 heavy (non-hydrogen) atoms. The Morgan fingerprint density at radius 1 is 1.04 bits per heavy atom. The molecule has 7 nitrogen and oxygen atoms in total. The van der Waals surface area contributed by atoms with E-state index < -0.39 is 18.5 Å². The molecule has 2 rings (SSSR count). The molecule has 2 aromatic rings. The summed E-state index contributed by atoms with van der Waals surface area (Å²) < 4.78 is 4.84. The van der Waals surface area contributed by atoms with Gasteiger partial charge in [0.2, 0.25) is 5.91 Å². The summed E-state index contributed by atoms with van der Waals surface area (Å²) in [6.07, 6.45) is 0. The molecule has 0 aliphatic rings. The molecular formula is C19H20N2O5. The molecule has 0 radical (unpaired) electrons. The minimum atomic E-state index is -0.740. The molecule has 0 aliphatic carbocycles. The van der Waals surface area contributed by atoms with Crippen LogP contribution in [-0.4, -0.2) is 36.0 Å². The van der Waals surface area contributed by atoms with Gasteiger partial charge in [-0.15, -0.1) is 0 Å². The molecule has 0 aromatic heterocycles. The Morgan fingerprint density at radius 3 is 2.50 bits per heavy atom. The van der Waals surface area contributed by atoms with Gasteiger partial charge in [0.25, 0.3) is 5.91 Å². The standard InChI is InChI=1S/C19H20N2O5/c1-12-5-3-8-16(13(12)2)21-17(23)10-20-18(24)11-26-19(25)14-6-4-7-15(22)9-14/h3-9,22H,10-11H2,1-2H3,(H,20,24)(H,21,23). The van der Waals surface area contributed by atoms with Gasteiger partial charge in [-0.25, -0.2) is 4.79 Å². The van der Waals surface area contributed by atoms with Gasteiger partial charge >= 0.3 is 5.97 Å². The Hall–Kier alpha value is -3.35. The number of phenols is 1. The lowest BCUT2D eigenvalue weighted by atomic mass is 10.1. The number of carbonyl (C=O) groups is 3. The van der Waals surface area contributed by atoms with Crippen LogP contribution in [0.5, 0.6) is 5.75 Å². The molecule has 0 fully saturated rings. The lowest BCUT2D eigenvalue weighted by molar-refractivity contribution is -0.126. The number of aryl methyl sites for hydroxylation is 1. The van der Waals surface area contributed by atoms with Gasteiger partial charge < -0.3 is 20.5 Å². The van der Waals surface area contributed by atoms with Crippen molar-refractivity contribution in [3.8, 4) is 5.75 Å². The maximum Gasteiger partial charge on any atom is 0.338 e. The van der Waals surface area contributed by atoms with Crippen LogP contribution in [-0.2, 0) is 14.3 Å². The molecule has 2 aromatic carbocycles. The number of hydrogen-bond acceptors (Lipinski definition) is 5. The Labute approximate surface area is 151 Å². The summed E-state index contributed by atoms with van der Waals surface area (Å²) in [6.45, 7) is 3.07. The maximum absolute atomic E-state index is 11.9. The van der Waals surface area contributed by atoms with Crippen molar-refractivity contribution in [3.63, 3.8) is 0 Å². The number of amides is 2. The predicted octanol–water partition coefficient (Wildman–Crippen LogP) is 1.92. The second-order valence-electron chi connectivity index (χ2n) is 5.70. The highest BCUT2D eigenvalue weighted by Gasteiger charge is 2.12. The first-order valence-electron chi connectivity index (χ1n) is 7.95. The van der Waals surface area contributed by atoms with Crippen LogP contribution in [0.1, 0.15) is 21.5 Å². The highest BCUT2D eigenvalue weighted by Crippen LogP contribution is 2.17. The van der Waals surface area contributed by atoms with Crippen LogP contribution in [0.2, 0.25) is 0 Å². The first-order chi connectivity index (χ1) is 12.4. The van der Waals surface area contributed by atoms with Crippen LogP contribution in [0, 0.1) is 13.8 Å². The van der Waals surface area contributed by atoms with Crippen molar-refractivity contribution in [1.82, 2.24) is 5.32 Å². The summed E-state index contributed by atoms with van der Waals surface area (Å²) in [5.74, 6) is -1.80. The summed E-state index contributed by atoms with van der Waals surface area (Å²) in [7, 11) is 0. The lowest BCUT2D eigenvalue weighted by Gasteiger charge is -2.11. The van der Waals surface area contributed by atoms with Gasteiger partial charge in [-0.1, -0.05) is 18.2 Å². The van der Waals surface area contributed by atoms with Gasteiger partial charge in [0.15, 0.2) is 6.61 Å². The molecule has 0 bridgehead atoms. The zero-order valence-electron chi connectivity index (χ0n) is 14.5. The number of esters is 1. The van der Waals surface area contributed by atoms with Crippen molar-refractivity contribution in [2.24, 2.45) is 0 Å². The predicted molar refractivity (Wildman–Crippen MR) is 95.9 cm³/mol. The van der Waals surface area contributed by atoms with Crippen molar-refractivity contribution < 1.29 is 24.2 Å². The number of carbonyl (C=O) groups excluding carboxylic acids is 3. The molecule has 0 heterocycles. The van der Waals surface area contributed by atoms with E-state index >= 15 is 0 Å². The minimum absolute atomic E-state index is 0.0768. The summed E-state index contributed by atoms with van der Waals surface area (Å²) in [5.41, 5.74) is 2.81. The molecule has 0 aliphatic heterocycles. The lowest BCUT2D eigenvalue weighted by Crippen LogP contribution is -2.35. The first-order valence-corrected chi connectivity index (χ1v) is 7.95. The number of hydrogen-bond donors (Lipinski definition) is 3. The summed E-state index contributed by atoms with van der Waals surface area (Å²) in [6, 6.07) is 11.1. The van der Waals surface area contributed by atoms with Gasteiger partial charge in [-0.3, -0.25) is 9.59 Å². The van der Waals surface area contributed by atoms with E-state index in [1.165, 1.54) is 24.3 Å². The minimum Gasteiger partial charge on any atom is -0.508 e. The number of anilines is 1. The highest BCUT2D eigenvalue weighted by atomic mass is 16.5. The normalized spacial score (nSPS) is 10.1. The fourth-order valence-corrected chi connectivity index (χ4v) is 2.16. The molecule has 7 heteroatoms. The Bertz CT molecular complexity index is 832. The Kier molecular flexibility index (Phi) is 6.32. The quantitative estimate of drug-likeness (QED) is 0.686. The van der Waals surface area contributed by atoms with Crippen molar-refractivity contribution in [3.05, 3.63) is 59.2 Å². The fourth-order valence-electron chi connectivity index (χ4n) is 2.16. The third-order valence-corrected chi connectivity index (χ3v) is 3.74. The monoisotopic (exact) mass is 356 g/mol. The van der Waals surface area contributed by atoms with Crippen LogP contribution < -0.4 is 10.6 Å². The highest BCUT2D eigenvalue weighted by molar-refractivity contribution is 5.96. The first kappa shape index (κ1) is 19.0. The molecule has 0 saturated heterocycles. The Balaban J connectivity index is 1.77. The number of aromatic hydroxyl groups is 1. The van der Waals surface area contributed by atoms with E-state index in [0.717, 1.165) is 11.1 Å². The van der Waals surface area contributed by atoms with Crippen molar-refractivity contribution >= 4 is 23.5 Å². The molecule has 3 N–H and O–H groups in total. The number of phenolic OH excluding ortho intramolecular Hbond substituents is 1. The third kappa shape index (κ3) is 5.34. The Morgan fingerprint density at radius 2 is 1.77 bits per heavy atom. The number of ether oxygens (including phenoxy) is 1. The second-order valence-corrected chi connectivity index (χ2v) is 5.70. The largest absolute Gasteiger partial charge is 0.508 e. The topological polar surface area (TPSA) is 105 Å². The van der Waals surface area contributed by atoms with E-state index in [1.54, 1.807) is 6.07 Å². The van der Waals surface area contributed by atoms with Gasteiger partial charge in [-0.05, 0) is 49.2 Å². The molecule has 0 saturated carbocycles. The number of nitrogens with one attached hydrogen (secondary N) is 2. The van der Waals surface area contributed by atoms with E-state index in [9.17, 15) is 19.5 Å². The van der Waals surface area contributed by atoms with Gasteiger partial charge in [0.05, 0.1) is 12.1 Å². The van der Waals surface area contributed by atoms with E-state index in [0.29, 0.717) is 5.69 Å². The van der Waals surface area contributed by atoms with Crippen LogP contribution in [0.3, 0.4) is 0 Å². The van der Waals surface area contributed by atoms with Crippen molar-refractivity contribution in [2.75, 3.05) is 18.5 Å². The summed E-state index contributed by atoms with van der Waals surface area (Å²) in [4.78, 5) is 35.4. The second kappa shape index (κ2) is 8.66. The van der Waals surface area contributed by atoms with E-state index in [-0.39, 0.29) is 23.8 Å². The smallest absolute Gasteiger partial charge is 0.338 e. The average Bonchev–Trinajstić information content (AvgIpc) is 2.61. The molecule has 2 amide bonds. The SMILES string of the molecule is Cc1cccc(NC(=O)CNC(=O)COC(=O)c2cccc(O)c2)c1C. The van der Waals surface area contributed by atoms with Gasteiger partial charge in [0.1, 0.15) is 5.75 Å². The molecular weight excluding hydrogens is 336 g/mol. The van der Waals surface area contributed by atoms with E-state index in [4.69, 9.17) is 4.74 Å². The van der Waals surface area contributed by atoms with Gasteiger partial charge in [-0.2, -0.15) is 0 Å². The summed E-state index contributed by atoms with van der Waals surface area (Å²) in [5, 5.41) is 14.4. The zero-order chi connectivity index (χ0) is 19.1. The van der Waals surface area contributed by atoms with Crippen molar-refractivity contribution in [1.29, 1.82) is 0 Å². The zero-order valence-corrected chi connectivity index (χ0v) is 14.5. The van der Waals surface area contributed by atoms with Crippen LogP contribution in [0.15, 0.2) is 42.5 Å². The molecule has 0 spiro atoms.